The Hall–Kier alpha value is -3.83. The molecule has 2 N–H and O–H groups in total. The number of nitriles is 1. The van der Waals surface area contributed by atoms with E-state index < -0.39 is 5.67 Å². The van der Waals surface area contributed by atoms with Gasteiger partial charge in [0.1, 0.15) is 17.6 Å². The molecule has 0 aliphatic carbocycles. The first-order valence-corrected chi connectivity index (χ1v) is 11.2. The van der Waals surface area contributed by atoms with Crippen LogP contribution >= 0.6 is 0 Å². The van der Waals surface area contributed by atoms with Crippen LogP contribution in [0.25, 0.3) is 11.1 Å². The molecule has 0 unspecified atom stereocenters. The van der Waals surface area contributed by atoms with Crippen LogP contribution in [0.15, 0.2) is 48.8 Å². The fourth-order valence-corrected chi connectivity index (χ4v) is 3.93. The van der Waals surface area contributed by atoms with Crippen molar-refractivity contribution < 1.29 is 9.18 Å². The number of aryl methyl sites for hydroxylation is 1. The quantitative estimate of drug-likeness (QED) is 0.596. The summed E-state index contributed by atoms with van der Waals surface area (Å²) < 4.78 is 14.3. The number of benzene rings is 1. The molecule has 1 aliphatic heterocycles. The minimum atomic E-state index is -1.64. The van der Waals surface area contributed by atoms with Crippen molar-refractivity contribution in [2.24, 2.45) is 0 Å². The third-order valence-corrected chi connectivity index (χ3v) is 5.84. The summed E-state index contributed by atoms with van der Waals surface area (Å²) in [4.78, 5) is 23.6. The van der Waals surface area contributed by atoms with E-state index in [9.17, 15) is 14.4 Å². The highest BCUT2D eigenvalue weighted by atomic mass is 19.1. The molecule has 1 aromatic carbocycles. The van der Waals surface area contributed by atoms with E-state index in [1.807, 2.05) is 31.2 Å². The summed E-state index contributed by atoms with van der Waals surface area (Å²) in [6.07, 6.45) is 3.20. The molecular weight excluding hydrogens is 431 g/mol. The highest BCUT2D eigenvalue weighted by Gasteiger charge is 2.22. The molecule has 1 fully saturated rings. The van der Waals surface area contributed by atoms with Gasteiger partial charge in [0.05, 0.1) is 11.3 Å². The molecule has 0 atom stereocenters. The highest BCUT2D eigenvalue weighted by Crippen LogP contribution is 2.30. The fourth-order valence-electron chi connectivity index (χ4n) is 3.93. The molecule has 3 heterocycles. The van der Waals surface area contributed by atoms with E-state index >= 15 is 0 Å². The van der Waals surface area contributed by atoms with Crippen LogP contribution in [0.4, 0.5) is 15.9 Å². The second kappa shape index (κ2) is 9.57. The zero-order valence-corrected chi connectivity index (χ0v) is 19.5. The number of carbonyl (C=O) groups is 1. The van der Waals surface area contributed by atoms with E-state index in [0.29, 0.717) is 22.6 Å². The van der Waals surface area contributed by atoms with E-state index in [1.165, 1.54) is 26.1 Å². The van der Waals surface area contributed by atoms with Crippen molar-refractivity contribution in [1.29, 1.82) is 5.26 Å². The predicted molar refractivity (Wildman–Crippen MR) is 131 cm³/mol. The summed E-state index contributed by atoms with van der Waals surface area (Å²) in [5.74, 6) is 0.340. The van der Waals surface area contributed by atoms with Gasteiger partial charge in [-0.05, 0) is 62.2 Å². The number of alkyl halides is 1. The van der Waals surface area contributed by atoms with Gasteiger partial charge in [-0.3, -0.25) is 9.78 Å². The van der Waals surface area contributed by atoms with Crippen LogP contribution in [0, 0.1) is 18.3 Å². The second-order valence-electron chi connectivity index (χ2n) is 8.83. The lowest BCUT2D eigenvalue weighted by molar-refractivity contribution is 0.102. The predicted octanol–water partition coefficient (Wildman–Crippen LogP) is 4.19. The Kier molecular flexibility index (Phi) is 6.57. The standard InChI is InChI=1S/C26H27FN6O/c1-17-4-5-21(32-25(34)18-6-7-30-23(13-18)26(2,3)27)14-22(17)20-12-19(15-28)24(31-16-20)33-10-8-29-9-11-33/h4-7,12-14,16,29H,8-11H2,1-3H3,(H,32,34). The number of pyridine rings is 2. The van der Waals surface area contributed by atoms with Crippen molar-refractivity contribution in [3.63, 3.8) is 0 Å². The maximum absolute atomic E-state index is 14.3. The largest absolute Gasteiger partial charge is 0.353 e. The van der Waals surface area contributed by atoms with Gasteiger partial charge in [0.25, 0.3) is 5.91 Å². The average Bonchev–Trinajstić information content (AvgIpc) is 2.85. The average molecular weight is 459 g/mol. The Labute approximate surface area is 198 Å². The first kappa shape index (κ1) is 23.3. The van der Waals surface area contributed by atoms with Gasteiger partial charge in [0, 0.05) is 55.4 Å². The minimum Gasteiger partial charge on any atom is -0.353 e. The molecule has 1 amide bonds. The van der Waals surface area contributed by atoms with E-state index in [2.05, 4.69) is 31.6 Å². The molecule has 1 saturated heterocycles. The van der Waals surface area contributed by atoms with Crippen LogP contribution in [-0.2, 0) is 5.67 Å². The number of nitrogens with one attached hydrogen (secondary N) is 2. The fraction of sp³-hybridized carbons (Fsp3) is 0.308. The normalized spacial score (nSPS) is 13.9. The third-order valence-electron chi connectivity index (χ3n) is 5.84. The van der Waals surface area contributed by atoms with Crippen molar-refractivity contribution in [1.82, 2.24) is 15.3 Å². The Bertz CT molecular complexity index is 1250. The number of amides is 1. The first-order valence-electron chi connectivity index (χ1n) is 11.2. The van der Waals surface area contributed by atoms with Crippen molar-refractivity contribution in [2.75, 3.05) is 36.4 Å². The monoisotopic (exact) mass is 458 g/mol. The number of carbonyl (C=O) groups excluding carboxylic acids is 1. The Morgan fingerprint density at radius 3 is 2.65 bits per heavy atom. The number of hydrogen-bond donors (Lipinski definition) is 2. The van der Waals surface area contributed by atoms with Crippen molar-refractivity contribution >= 4 is 17.4 Å². The smallest absolute Gasteiger partial charge is 0.255 e. The Balaban J connectivity index is 1.60. The molecule has 34 heavy (non-hydrogen) atoms. The summed E-state index contributed by atoms with van der Waals surface area (Å²) in [5, 5.41) is 15.9. The van der Waals surface area contributed by atoms with Gasteiger partial charge in [-0.15, -0.1) is 0 Å². The third kappa shape index (κ3) is 5.05. The summed E-state index contributed by atoms with van der Waals surface area (Å²) in [7, 11) is 0. The number of nitrogens with zero attached hydrogens (tertiary/aromatic N) is 4. The zero-order chi connectivity index (χ0) is 24.3. The van der Waals surface area contributed by atoms with Gasteiger partial charge in [0.2, 0.25) is 0 Å². The Morgan fingerprint density at radius 1 is 1.18 bits per heavy atom. The molecular formula is C26H27FN6O. The molecule has 4 rings (SSSR count). The van der Waals surface area contributed by atoms with Crippen LogP contribution < -0.4 is 15.5 Å². The molecule has 0 spiro atoms. The first-order chi connectivity index (χ1) is 16.3. The summed E-state index contributed by atoms with van der Waals surface area (Å²) in [5.41, 5.74) is 2.65. The van der Waals surface area contributed by atoms with E-state index in [1.54, 1.807) is 12.3 Å². The molecule has 2 aromatic heterocycles. The lowest BCUT2D eigenvalue weighted by atomic mass is 9.99. The number of hydrogen-bond acceptors (Lipinski definition) is 6. The van der Waals surface area contributed by atoms with Crippen LogP contribution in [0.3, 0.4) is 0 Å². The molecule has 0 radical (unpaired) electrons. The molecule has 3 aromatic rings. The number of halogens is 1. The van der Waals surface area contributed by atoms with Crippen LogP contribution in [-0.4, -0.2) is 42.1 Å². The molecule has 174 valence electrons. The van der Waals surface area contributed by atoms with Gasteiger partial charge < -0.3 is 15.5 Å². The van der Waals surface area contributed by atoms with Gasteiger partial charge in [0.15, 0.2) is 0 Å². The molecule has 8 heteroatoms. The van der Waals surface area contributed by atoms with E-state index in [-0.39, 0.29) is 11.6 Å². The van der Waals surface area contributed by atoms with Gasteiger partial charge in [-0.1, -0.05) is 6.07 Å². The second-order valence-corrected chi connectivity index (χ2v) is 8.83. The summed E-state index contributed by atoms with van der Waals surface area (Å²) >= 11 is 0. The topological polar surface area (TPSA) is 93.9 Å². The van der Waals surface area contributed by atoms with Gasteiger partial charge in [-0.2, -0.15) is 5.26 Å². The SMILES string of the molecule is Cc1ccc(NC(=O)c2ccnc(C(C)(C)F)c2)cc1-c1cnc(N2CCNCC2)c(C#N)c1. The maximum Gasteiger partial charge on any atom is 0.255 e. The van der Waals surface area contributed by atoms with Crippen LogP contribution in [0.1, 0.15) is 41.0 Å². The maximum atomic E-state index is 14.3. The summed E-state index contributed by atoms with van der Waals surface area (Å²) in [6.45, 7) is 8.10. The number of anilines is 2. The van der Waals surface area contributed by atoms with Crippen molar-refractivity contribution in [3.05, 3.63) is 71.2 Å². The molecule has 1 aliphatic rings. The number of piperazine rings is 1. The van der Waals surface area contributed by atoms with E-state index in [0.717, 1.165) is 42.9 Å². The molecule has 0 saturated carbocycles. The van der Waals surface area contributed by atoms with Crippen LogP contribution in [0.5, 0.6) is 0 Å². The molecule has 7 nitrogen and oxygen atoms in total. The highest BCUT2D eigenvalue weighted by molar-refractivity contribution is 6.04. The summed E-state index contributed by atoms with van der Waals surface area (Å²) in [6, 6.07) is 12.7. The number of rotatable bonds is 5. The lowest BCUT2D eigenvalue weighted by Crippen LogP contribution is -2.44. The minimum absolute atomic E-state index is 0.199. The van der Waals surface area contributed by atoms with Crippen molar-refractivity contribution in [3.8, 4) is 17.2 Å². The van der Waals surface area contributed by atoms with Gasteiger partial charge in [-0.25, -0.2) is 9.37 Å². The lowest BCUT2D eigenvalue weighted by Gasteiger charge is -2.29. The Morgan fingerprint density at radius 2 is 1.94 bits per heavy atom. The number of aromatic nitrogens is 2. The van der Waals surface area contributed by atoms with E-state index in [4.69, 9.17) is 0 Å². The van der Waals surface area contributed by atoms with Crippen LogP contribution in [0.2, 0.25) is 0 Å². The molecule has 0 bridgehead atoms. The van der Waals surface area contributed by atoms with Gasteiger partial charge >= 0.3 is 0 Å². The zero-order valence-electron chi connectivity index (χ0n) is 19.5. The van der Waals surface area contributed by atoms with Crippen molar-refractivity contribution in [2.45, 2.75) is 26.4 Å².